The summed E-state index contributed by atoms with van der Waals surface area (Å²) in [6.45, 7) is 0.567. The third-order valence-electron chi connectivity index (χ3n) is 4.88. The maximum atomic E-state index is 13.4. The molecule has 2 heterocycles. The zero-order valence-corrected chi connectivity index (χ0v) is 16.9. The molecule has 0 fully saturated rings. The van der Waals surface area contributed by atoms with Gasteiger partial charge in [-0.2, -0.15) is 0 Å². The number of benzene rings is 1. The lowest BCUT2D eigenvalue weighted by Gasteiger charge is -2.11. The van der Waals surface area contributed by atoms with Gasteiger partial charge in [-0.05, 0) is 62.4 Å². The molecule has 29 heavy (non-hydrogen) atoms. The summed E-state index contributed by atoms with van der Waals surface area (Å²) in [4.78, 5) is 23.0. The van der Waals surface area contributed by atoms with E-state index in [4.69, 9.17) is 4.98 Å². The summed E-state index contributed by atoms with van der Waals surface area (Å²) in [6, 6.07) is 9.49. The zero-order valence-electron chi connectivity index (χ0n) is 16.1. The number of rotatable bonds is 7. The van der Waals surface area contributed by atoms with Gasteiger partial charge in [0.25, 0.3) is 5.91 Å². The van der Waals surface area contributed by atoms with Gasteiger partial charge in [0, 0.05) is 29.7 Å². The summed E-state index contributed by atoms with van der Waals surface area (Å²) in [7, 11) is 0. The number of pyridine rings is 1. The SMILES string of the molecule is O=C(NCCCc1nc2c(s1)CCCC2)c1cccnc1Nc1cccc(F)c1. The molecule has 0 spiro atoms. The van der Waals surface area contributed by atoms with E-state index in [1.807, 2.05) is 11.3 Å². The van der Waals surface area contributed by atoms with Crippen LogP contribution in [0.1, 0.15) is 45.2 Å². The minimum Gasteiger partial charge on any atom is -0.352 e. The Morgan fingerprint density at radius 1 is 1.17 bits per heavy atom. The molecular weight excluding hydrogens is 387 g/mol. The highest BCUT2D eigenvalue weighted by Crippen LogP contribution is 2.27. The number of nitrogens with one attached hydrogen (secondary N) is 2. The molecule has 0 bridgehead atoms. The number of aryl methyl sites for hydroxylation is 3. The largest absolute Gasteiger partial charge is 0.352 e. The number of amides is 1. The van der Waals surface area contributed by atoms with Crippen LogP contribution in [0.2, 0.25) is 0 Å². The van der Waals surface area contributed by atoms with Gasteiger partial charge in [0.2, 0.25) is 0 Å². The predicted molar refractivity (Wildman–Crippen MR) is 113 cm³/mol. The second-order valence-electron chi connectivity index (χ2n) is 7.08. The zero-order chi connectivity index (χ0) is 20.1. The Morgan fingerprint density at radius 3 is 2.93 bits per heavy atom. The third-order valence-corrected chi connectivity index (χ3v) is 6.10. The highest BCUT2D eigenvalue weighted by atomic mass is 32.1. The van der Waals surface area contributed by atoms with Gasteiger partial charge in [-0.3, -0.25) is 4.79 Å². The van der Waals surface area contributed by atoms with Crippen molar-refractivity contribution in [3.05, 3.63) is 69.6 Å². The van der Waals surface area contributed by atoms with Gasteiger partial charge in [-0.15, -0.1) is 11.3 Å². The molecule has 1 aromatic carbocycles. The fraction of sp³-hybridized carbons (Fsp3) is 0.318. The molecule has 5 nitrogen and oxygen atoms in total. The molecule has 7 heteroatoms. The molecule has 2 N–H and O–H groups in total. The van der Waals surface area contributed by atoms with E-state index < -0.39 is 0 Å². The minimum atomic E-state index is -0.346. The highest BCUT2D eigenvalue weighted by molar-refractivity contribution is 7.11. The van der Waals surface area contributed by atoms with Crippen LogP contribution in [0, 0.1) is 5.82 Å². The first-order chi connectivity index (χ1) is 14.2. The molecule has 1 aliphatic carbocycles. The van der Waals surface area contributed by atoms with Crippen LogP contribution < -0.4 is 10.6 Å². The summed E-state index contributed by atoms with van der Waals surface area (Å²) >= 11 is 1.82. The topological polar surface area (TPSA) is 66.9 Å². The summed E-state index contributed by atoms with van der Waals surface area (Å²) in [5, 5.41) is 7.14. The van der Waals surface area contributed by atoms with E-state index in [2.05, 4.69) is 15.6 Å². The smallest absolute Gasteiger partial charge is 0.255 e. The summed E-state index contributed by atoms with van der Waals surface area (Å²) < 4.78 is 13.4. The molecule has 0 saturated heterocycles. The number of fused-ring (bicyclic) bond motifs is 1. The Labute approximate surface area is 173 Å². The monoisotopic (exact) mass is 410 g/mol. The number of nitrogens with zero attached hydrogens (tertiary/aromatic N) is 2. The van der Waals surface area contributed by atoms with E-state index in [0.29, 0.717) is 23.6 Å². The number of halogens is 1. The molecule has 0 saturated carbocycles. The number of hydrogen-bond donors (Lipinski definition) is 2. The molecule has 4 rings (SSSR count). The van der Waals surface area contributed by atoms with Crippen LogP contribution in [0.3, 0.4) is 0 Å². The van der Waals surface area contributed by atoms with Crippen LogP contribution in [0.4, 0.5) is 15.9 Å². The molecule has 0 aliphatic heterocycles. The lowest BCUT2D eigenvalue weighted by atomic mass is 10.0. The van der Waals surface area contributed by atoms with Crippen LogP contribution in [-0.4, -0.2) is 22.4 Å². The van der Waals surface area contributed by atoms with Crippen LogP contribution in [0.15, 0.2) is 42.6 Å². The van der Waals surface area contributed by atoms with Crippen LogP contribution in [0.5, 0.6) is 0 Å². The Morgan fingerprint density at radius 2 is 2.07 bits per heavy atom. The molecular formula is C22H23FN4OS. The number of thiazole rings is 1. The van der Waals surface area contributed by atoms with Gasteiger partial charge in [-0.25, -0.2) is 14.4 Å². The van der Waals surface area contributed by atoms with Crippen molar-refractivity contribution in [3.63, 3.8) is 0 Å². The van der Waals surface area contributed by atoms with E-state index in [1.54, 1.807) is 30.5 Å². The summed E-state index contributed by atoms with van der Waals surface area (Å²) in [6.07, 6.45) is 8.08. The maximum absolute atomic E-state index is 13.4. The first-order valence-corrected chi connectivity index (χ1v) is 10.7. The van der Waals surface area contributed by atoms with E-state index in [-0.39, 0.29) is 11.7 Å². The average molecular weight is 411 g/mol. The minimum absolute atomic E-state index is 0.199. The molecule has 150 valence electrons. The Hall–Kier alpha value is -2.80. The second kappa shape index (κ2) is 9.13. The third kappa shape index (κ3) is 4.98. The van der Waals surface area contributed by atoms with Crippen LogP contribution in [0.25, 0.3) is 0 Å². The van der Waals surface area contributed by atoms with Crippen molar-refractivity contribution < 1.29 is 9.18 Å². The summed E-state index contributed by atoms with van der Waals surface area (Å²) in [5.41, 5.74) is 2.26. The first-order valence-electron chi connectivity index (χ1n) is 9.92. The lowest BCUT2D eigenvalue weighted by molar-refractivity contribution is 0.0954. The number of aromatic nitrogens is 2. The fourth-order valence-corrected chi connectivity index (χ4v) is 4.64. The molecule has 2 aromatic heterocycles. The van der Waals surface area contributed by atoms with Crippen molar-refractivity contribution in [1.82, 2.24) is 15.3 Å². The Kier molecular flexibility index (Phi) is 6.14. The van der Waals surface area contributed by atoms with Crippen molar-refractivity contribution in [2.75, 3.05) is 11.9 Å². The first kappa shape index (κ1) is 19.5. The van der Waals surface area contributed by atoms with Gasteiger partial charge in [0.15, 0.2) is 0 Å². The number of carbonyl (C=O) groups is 1. The van der Waals surface area contributed by atoms with Crippen molar-refractivity contribution in [3.8, 4) is 0 Å². The van der Waals surface area contributed by atoms with Crippen molar-refractivity contribution in [1.29, 1.82) is 0 Å². The van der Waals surface area contributed by atoms with Gasteiger partial charge in [0.1, 0.15) is 11.6 Å². The van der Waals surface area contributed by atoms with Crippen molar-refractivity contribution in [2.24, 2.45) is 0 Å². The van der Waals surface area contributed by atoms with Gasteiger partial charge < -0.3 is 10.6 Å². The Balaban J connectivity index is 1.32. The van der Waals surface area contributed by atoms with Crippen LogP contribution in [-0.2, 0) is 19.3 Å². The van der Waals surface area contributed by atoms with Crippen molar-refractivity contribution in [2.45, 2.75) is 38.5 Å². The van der Waals surface area contributed by atoms with E-state index in [1.165, 1.54) is 40.6 Å². The van der Waals surface area contributed by atoms with E-state index >= 15 is 0 Å². The normalized spacial score (nSPS) is 13.0. The average Bonchev–Trinajstić information content (AvgIpc) is 3.14. The molecule has 0 unspecified atom stereocenters. The molecule has 0 radical (unpaired) electrons. The van der Waals surface area contributed by atoms with E-state index in [9.17, 15) is 9.18 Å². The van der Waals surface area contributed by atoms with Gasteiger partial charge in [0.05, 0.1) is 16.3 Å². The maximum Gasteiger partial charge on any atom is 0.255 e. The molecule has 1 aliphatic rings. The quantitative estimate of drug-likeness (QED) is 0.556. The second-order valence-corrected chi connectivity index (χ2v) is 8.25. The van der Waals surface area contributed by atoms with Crippen LogP contribution >= 0.6 is 11.3 Å². The van der Waals surface area contributed by atoms with E-state index in [0.717, 1.165) is 25.7 Å². The molecule has 1 amide bonds. The number of carbonyl (C=O) groups excluding carboxylic acids is 1. The standard InChI is InChI=1S/C22H23FN4OS/c23-15-6-3-7-16(14-15)26-21-17(8-4-12-24-21)22(28)25-13-5-11-20-27-18-9-1-2-10-19(18)29-20/h3-4,6-8,12,14H,1-2,5,9-11,13H2,(H,24,26)(H,25,28). The summed E-state index contributed by atoms with van der Waals surface area (Å²) in [5.74, 6) is -0.139. The molecule has 3 aromatic rings. The Bertz CT molecular complexity index is 980. The number of hydrogen-bond acceptors (Lipinski definition) is 5. The fourth-order valence-electron chi connectivity index (χ4n) is 3.44. The van der Waals surface area contributed by atoms with Crippen molar-refractivity contribution >= 4 is 28.7 Å². The van der Waals surface area contributed by atoms with Gasteiger partial charge in [-0.1, -0.05) is 6.07 Å². The highest BCUT2D eigenvalue weighted by Gasteiger charge is 2.15. The number of anilines is 2. The molecule has 0 atom stereocenters. The predicted octanol–water partition coefficient (Wildman–Crippen LogP) is 4.66. The lowest BCUT2D eigenvalue weighted by Crippen LogP contribution is -2.25. The van der Waals surface area contributed by atoms with Gasteiger partial charge >= 0.3 is 0 Å².